The number of methoxy groups -OCH3 is 1. The predicted molar refractivity (Wildman–Crippen MR) is 76.6 cm³/mol. The third kappa shape index (κ3) is 2.91. The molecule has 0 saturated carbocycles. The summed E-state index contributed by atoms with van der Waals surface area (Å²) in [6.45, 7) is 0. The first kappa shape index (κ1) is 14.4. The summed E-state index contributed by atoms with van der Waals surface area (Å²) in [7, 11) is -2.34. The number of primary amides is 1. The van der Waals surface area contributed by atoms with Crippen molar-refractivity contribution in [1.29, 1.82) is 0 Å². The molecule has 1 aromatic heterocycles. The van der Waals surface area contributed by atoms with Gasteiger partial charge in [0, 0.05) is 5.38 Å². The highest BCUT2D eigenvalue weighted by molar-refractivity contribution is 7.92. The van der Waals surface area contributed by atoms with Gasteiger partial charge < -0.3 is 10.5 Å². The number of hydrogen-bond acceptors (Lipinski definition) is 5. The molecule has 0 saturated heterocycles. The number of anilines is 1. The Labute approximate surface area is 120 Å². The molecule has 2 rings (SSSR count). The van der Waals surface area contributed by atoms with Gasteiger partial charge in [0.05, 0.1) is 22.6 Å². The number of thiophene rings is 1. The summed E-state index contributed by atoms with van der Waals surface area (Å²) >= 11 is 0.980. The van der Waals surface area contributed by atoms with E-state index in [0.29, 0.717) is 11.4 Å². The average molecular weight is 312 g/mol. The third-order valence-corrected chi connectivity index (χ3v) is 4.92. The van der Waals surface area contributed by atoms with Crippen LogP contribution in [0.2, 0.25) is 0 Å². The Morgan fingerprint density at radius 2 is 2.05 bits per heavy atom. The normalized spacial score (nSPS) is 11.1. The molecule has 106 valence electrons. The second kappa shape index (κ2) is 5.51. The number of ether oxygens (including phenoxy) is 1. The SMILES string of the molecule is COc1ccccc1NS(=O)(=O)c1csc(C(N)=O)c1. The minimum Gasteiger partial charge on any atom is -0.495 e. The van der Waals surface area contributed by atoms with E-state index < -0.39 is 15.9 Å². The van der Waals surface area contributed by atoms with Gasteiger partial charge in [0.25, 0.3) is 15.9 Å². The lowest BCUT2D eigenvalue weighted by atomic mass is 10.3. The van der Waals surface area contributed by atoms with Crippen LogP contribution in [0.3, 0.4) is 0 Å². The molecule has 1 aromatic carbocycles. The number of benzene rings is 1. The average Bonchev–Trinajstić information content (AvgIpc) is 2.89. The fourth-order valence-electron chi connectivity index (χ4n) is 1.52. The Kier molecular flexibility index (Phi) is 3.96. The topological polar surface area (TPSA) is 98.5 Å². The molecule has 0 aliphatic carbocycles. The van der Waals surface area contributed by atoms with Crippen LogP contribution in [0.1, 0.15) is 9.67 Å². The summed E-state index contributed by atoms with van der Waals surface area (Å²) in [6.07, 6.45) is 0. The Balaban J connectivity index is 2.33. The number of rotatable bonds is 5. The monoisotopic (exact) mass is 312 g/mol. The molecule has 3 N–H and O–H groups in total. The molecule has 0 fully saturated rings. The standard InChI is InChI=1S/C12H12N2O4S2/c1-18-10-5-3-2-4-9(10)14-20(16,17)8-6-11(12(13)15)19-7-8/h2-7,14H,1H3,(H2,13,15). The van der Waals surface area contributed by atoms with Crippen molar-refractivity contribution in [2.24, 2.45) is 5.73 Å². The van der Waals surface area contributed by atoms with Gasteiger partial charge in [0.15, 0.2) is 0 Å². The quantitative estimate of drug-likeness (QED) is 0.877. The van der Waals surface area contributed by atoms with Gasteiger partial charge in [-0.2, -0.15) is 0 Å². The van der Waals surface area contributed by atoms with E-state index in [-0.39, 0.29) is 9.77 Å². The van der Waals surface area contributed by atoms with Crippen LogP contribution in [0.4, 0.5) is 5.69 Å². The van der Waals surface area contributed by atoms with E-state index >= 15 is 0 Å². The lowest BCUT2D eigenvalue weighted by Crippen LogP contribution is -2.13. The highest BCUT2D eigenvalue weighted by Crippen LogP contribution is 2.27. The van der Waals surface area contributed by atoms with Gasteiger partial charge in [-0.3, -0.25) is 9.52 Å². The highest BCUT2D eigenvalue weighted by Gasteiger charge is 2.19. The largest absolute Gasteiger partial charge is 0.495 e. The Bertz CT molecular complexity index is 737. The zero-order chi connectivity index (χ0) is 14.8. The van der Waals surface area contributed by atoms with Crippen LogP contribution in [0.15, 0.2) is 40.6 Å². The van der Waals surface area contributed by atoms with Crippen LogP contribution in [0.5, 0.6) is 5.75 Å². The number of amides is 1. The van der Waals surface area contributed by atoms with Crippen molar-refractivity contribution in [2.75, 3.05) is 11.8 Å². The highest BCUT2D eigenvalue weighted by atomic mass is 32.2. The zero-order valence-corrected chi connectivity index (χ0v) is 12.1. The second-order valence-corrected chi connectivity index (χ2v) is 6.41. The molecule has 8 heteroatoms. The maximum atomic E-state index is 12.2. The first-order valence-corrected chi connectivity index (χ1v) is 7.84. The smallest absolute Gasteiger partial charge is 0.262 e. The molecule has 1 heterocycles. The first-order chi connectivity index (χ1) is 9.44. The minimum absolute atomic E-state index is 0.0118. The minimum atomic E-state index is -3.79. The van der Waals surface area contributed by atoms with Gasteiger partial charge in [0.1, 0.15) is 5.75 Å². The van der Waals surface area contributed by atoms with Crippen LogP contribution < -0.4 is 15.2 Å². The molecule has 0 bridgehead atoms. The summed E-state index contributed by atoms with van der Waals surface area (Å²) in [5, 5.41) is 1.36. The Hall–Kier alpha value is -2.06. The lowest BCUT2D eigenvalue weighted by molar-refractivity contribution is 0.100. The number of carbonyl (C=O) groups is 1. The number of nitrogens with one attached hydrogen (secondary N) is 1. The molecule has 0 radical (unpaired) electrons. The lowest BCUT2D eigenvalue weighted by Gasteiger charge is -2.10. The fourth-order valence-corrected chi connectivity index (χ4v) is 3.72. The number of carbonyl (C=O) groups excluding carboxylic acids is 1. The molecule has 6 nitrogen and oxygen atoms in total. The van der Waals surface area contributed by atoms with Crippen LogP contribution >= 0.6 is 11.3 Å². The number of hydrogen-bond donors (Lipinski definition) is 2. The van der Waals surface area contributed by atoms with Crippen LogP contribution in [-0.4, -0.2) is 21.4 Å². The fraction of sp³-hybridized carbons (Fsp3) is 0.0833. The molecule has 2 aromatic rings. The van der Waals surface area contributed by atoms with Crippen LogP contribution in [-0.2, 0) is 10.0 Å². The molecular weight excluding hydrogens is 300 g/mol. The summed E-state index contributed by atoms with van der Waals surface area (Å²) in [5.74, 6) is -0.254. The Morgan fingerprint density at radius 1 is 1.35 bits per heavy atom. The molecule has 0 aliphatic rings. The summed E-state index contributed by atoms with van der Waals surface area (Å²) < 4.78 is 31.9. The molecule has 0 unspecified atom stereocenters. The zero-order valence-electron chi connectivity index (χ0n) is 10.5. The van der Waals surface area contributed by atoms with E-state index in [0.717, 1.165) is 11.3 Å². The van der Waals surface area contributed by atoms with Crippen molar-refractivity contribution in [3.8, 4) is 5.75 Å². The van der Waals surface area contributed by atoms with Crippen LogP contribution in [0, 0.1) is 0 Å². The van der Waals surface area contributed by atoms with E-state index in [4.69, 9.17) is 10.5 Å². The maximum Gasteiger partial charge on any atom is 0.262 e. The summed E-state index contributed by atoms with van der Waals surface area (Å²) in [5.41, 5.74) is 5.43. The van der Waals surface area contributed by atoms with E-state index in [2.05, 4.69) is 4.72 Å². The number of sulfonamides is 1. The van der Waals surface area contributed by atoms with Crippen molar-refractivity contribution in [1.82, 2.24) is 0 Å². The van der Waals surface area contributed by atoms with Gasteiger partial charge in [-0.05, 0) is 18.2 Å². The number of nitrogens with two attached hydrogens (primary N) is 1. The van der Waals surface area contributed by atoms with E-state index in [1.165, 1.54) is 18.6 Å². The van der Waals surface area contributed by atoms with Crippen LogP contribution in [0.25, 0.3) is 0 Å². The number of para-hydroxylation sites is 2. The molecule has 20 heavy (non-hydrogen) atoms. The van der Waals surface area contributed by atoms with Crippen molar-refractivity contribution < 1.29 is 17.9 Å². The molecule has 0 spiro atoms. The van der Waals surface area contributed by atoms with Crippen molar-refractivity contribution in [2.45, 2.75) is 4.90 Å². The van der Waals surface area contributed by atoms with Gasteiger partial charge in [-0.15, -0.1) is 11.3 Å². The van der Waals surface area contributed by atoms with Gasteiger partial charge >= 0.3 is 0 Å². The van der Waals surface area contributed by atoms with E-state index in [9.17, 15) is 13.2 Å². The Morgan fingerprint density at radius 3 is 2.65 bits per heavy atom. The summed E-state index contributed by atoms with van der Waals surface area (Å²) in [4.78, 5) is 11.2. The van der Waals surface area contributed by atoms with Gasteiger partial charge in [0.2, 0.25) is 0 Å². The summed E-state index contributed by atoms with van der Waals surface area (Å²) in [6, 6.07) is 7.87. The molecule has 0 aliphatic heterocycles. The van der Waals surface area contributed by atoms with Crippen molar-refractivity contribution in [3.63, 3.8) is 0 Å². The van der Waals surface area contributed by atoms with E-state index in [1.807, 2.05) is 0 Å². The maximum absolute atomic E-state index is 12.2. The van der Waals surface area contributed by atoms with Crippen molar-refractivity contribution in [3.05, 3.63) is 40.6 Å². The van der Waals surface area contributed by atoms with E-state index in [1.54, 1.807) is 24.3 Å². The predicted octanol–water partition coefficient (Wildman–Crippen LogP) is 1.66. The van der Waals surface area contributed by atoms with Gasteiger partial charge in [-0.25, -0.2) is 8.42 Å². The van der Waals surface area contributed by atoms with Gasteiger partial charge in [-0.1, -0.05) is 12.1 Å². The second-order valence-electron chi connectivity index (χ2n) is 3.82. The molecule has 1 amide bonds. The third-order valence-electron chi connectivity index (χ3n) is 2.48. The van der Waals surface area contributed by atoms with Crippen molar-refractivity contribution >= 4 is 33.0 Å². The first-order valence-electron chi connectivity index (χ1n) is 5.48. The molecular formula is C12H12N2O4S2. The molecule has 0 atom stereocenters.